The fourth-order valence-electron chi connectivity index (χ4n) is 9.10. The van der Waals surface area contributed by atoms with Crippen molar-refractivity contribution < 1.29 is 14.3 Å². The van der Waals surface area contributed by atoms with Crippen LogP contribution in [0.1, 0.15) is 92.4 Å². The second-order valence-electron chi connectivity index (χ2n) is 13.4. The summed E-state index contributed by atoms with van der Waals surface area (Å²) < 4.78 is 12.5. The summed E-state index contributed by atoms with van der Waals surface area (Å²) >= 11 is 0. The summed E-state index contributed by atoms with van der Waals surface area (Å²) in [4.78, 5) is 12.8. The Bertz CT molecular complexity index is 830. The Kier molecular flexibility index (Phi) is 5.91. The van der Waals surface area contributed by atoms with Gasteiger partial charge in [-0.2, -0.15) is 0 Å². The van der Waals surface area contributed by atoms with Gasteiger partial charge >= 0.3 is 5.97 Å². The zero-order valence-corrected chi connectivity index (χ0v) is 21.7. The minimum Gasteiger partial charge on any atom is -0.435 e. The first kappa shape index (κ1) is 23.6. The number of hydrogen-bond donors (Lipinski definition) is 0. The van der Waals surface area contributed by atoms with E-state index in [1.807, 2.05) is 0 Å². The number of cyclic esters (lactones) is 1. The van der Waals surface area contributed by atoms with Crippen molar-refractivity contribution in [2.45, 2.75) is 98.7 Å². The highest BCUT2D eigenvalue weighted by Crippen LogP contribution is 2.64. The molecule has 0 aromatic heterocycles. The van der Waals surface area contributed by atoms with E-state index in [4.69, 9.17) is 9.47 Å². The SMILES string of the molecule is C=C[C@@]1(C)CC[C@H]2C(=CC[C@H]3[C@](C)(CO[C@H]4OC(=O)[C@H]5[C@H](CC[C@@H]5C)[C@@H]4C)CCC[C@]23C)C1. The number of ether oxygens (including phenoxy) is 2. The fourth-order valence-corrected chi connectivity index (χ4v) is 9.10. The van der Waals surface area contributed by atoms with Crippen LogP contribution < -0.4 is 0 Å². The van der Waals surface area contributed by atoms with Crippen LogP contribution in [-0.2, 0) is 14.3 Å². The molecule has 0 aromatic rings. The smallest absolute Gasteiger partial charge is 0.311 e. The molecule has 0 N–H and O–H groups in total. The van der Waals surface area contributed by atoms with Crippen LogP contribution in [-0.4, -0.2) is 18.9 Å². The van der Waals surface area contributed by atoms with Gasteiger partial charge < -0.3 is 9.47 Å². The molecular weight excluding hydrogens is 408 g/mol. The predicted molar refractivity (Wildman–Crippen MR) is 132 cm³/mol. The van der Waals surface area contributed by atoms with Crippen molar-refractivity contribution in [3.63, 3.8) is 0 Å². The van der Waals surface area contributed by atoms with Gasteiger partial charge in [-0.1, -0.05) is 58.8 Å². The molecule has 0 spiro atoms. The molecule has 4 aliphatic carbocycles. The van der Waals surface area contributed by atoms with Gasteiger partial charge in [-0.15, -0.1) is 6.58 Å². The molecule has 3 heteroatoms. The Balaban J connectivity index is 1.31. The molecule has 0 unspecified atom stereocenters. The minimum atomic E-state index is -0.369. The molecule has 5 aliphatic rings. The lowest BCUT2D eigenvalue weighted by molar-refractivity contribution is -0.233. The molecule has 0 amide bonds. The Morgan fingerprint density at radius 1 is 1.15 bits per heavy atom. The first-order valence-corrected chi connectivity index (χ1v) is 13.7. The molecule has 1 saturated heterocycles. The number of esters is 1. The molecule has 5 rings (SSSR count). The van der Waals surface area contributed by atoms with Crippen LogP contribution in [0.5, 0.6) is 0 Å². The molecule has 0 radical (unpaired) electrons. The number of carbonyl (C=O) groups excluding carboxylic acids is 1. The maximum atomic E-state index is 12.8. The van der Waals surface area contributed by atoms with Crippen molar-refractivity contribution >= 4 is 5.97 Å². The van der Waals surface area contributed by atoms with E-state index in [9.17, 15) is 4.79 Å². The molecule has 3 nitrogen and oxygen atoms in total. The maximum absolute atomic E-state index is 12.8. The van der Waals surface area contributed by atoms with Gasteiger partial charge in [0, 0.05) is 5.92 Å². The lowest BCUT2D eigenvalue weighted by atomic mass is 9.45. The van der Waals surface area contributed by atoms with Gasteiger partial charge in [0.1, 0.15) is 0 Å². The number of fused-ring (bicyclic) bond motifs is 4. The largest absolute Gasteiger partial charge is 0.435 e. The summed E-state index contributed by atoms with van der Waals surface area (Å²) in [5.41, 5.74) is 2.46. The summed E-state index contributed by atoms with van der Waals surface area (Å²) in [6.07, 6.45) is 15.4. The third kappa shape index (κ3) is 3.76. The lowest BCUT2D eigenvalue weighted by Crippen LogP contribution is -2.53. The van der Waals surface area contributed by atoms with E-state index in [2.05, 4.69) is 53.3 Å². The molecule has 0 aromatic carbocycles. The van der Waals surface area contributed by atoms with Crippen molar-refractivity contribution in [1.82, 2.24) is 0 Å². The Hall–Kier alpha value is -1.09. The van der Waals surface area contributed by atoms with Crippen LogP contribution >= 0.6 is 0 Å². The van der Waals surface area contributed by atoms with E-state index in [0.717, 1.165) is 19.3 Å². The fraction of sp³-hybridized carbons (Fsp3) is 0.833. The van der Waals surface area contributed by atoms with Gasteiger partial charge in [-0.3, -0.25) is 4.79 Å². The van der Waals surface area contributed by atoms with Crippen LogP contribution in [0.15, 0.2) is 24.3 Å². The Morgan fingerprint density at radius 3 is 2.70 bits per heavy atom. The van der Waals surface area contributed by atoms with E-state index in [1.54, 1.807) is 5.57 Å². The van der Waals surface area contributed by atoms with Crippen LogP contribution in [0.2, 0.25) is 0 Å². The second-order valence-corrected chi connectivity index (χ2v) is 13.4. The van der Waals surface area contributed by atoms with Crippen LogP contribution in [0.4, 0.5) is 0 Å². The van der Waals surface area contributed by atoms with Crippen LogP contribution in [0.25, 0.3) is 0 Å². The summed E-state index contributed by atoms with van der Waals surface area (Å²) in [5, 5.41) is 0. The normalized spacial score (nSPS) is 51.6. The third-order valence-electron chi connectivity index (χ3n) is 11.3. The molecule has 0 bridgehead atoms. The van der Waals surface area contributed by atoms with Crippen molar-refractivity contribution in [3.05, 3.63) is 24.3 Å². The van der Waals surface area contributed by atoms with Gasteiger partial charge in [-0.05, 0) is 91.3 Å². The third-order valence-corrected chi connectivity index (χ3v) is 11.3. The molecule has 1 aliphatic heterocycles. The zero-order chi connectivity index (χ0) is 23.6. The molecule has 4 fully saturated rings. The van der Waals surface area contributed by atoms with Crippen LogP contribution in [0, 0.1) is 51.8 Å². The molecule has 10 atom stereocenters. The summed E-state index contributed by atoms with van der Waals surface area (Å²) in [6.45, 7) is 16.7. The zero-order valence-electron chi connectivity index (χ0n) is 21.7. The lowest BCUT2D eigenvalue weighted by Gasteiger charge is -2.60. The quantitative estimate of drug-likeness (QED) is 0.330. The topological polar surface area (TPSA) is 35.5 Å². The summed E-state index contributed by atoms with van der Waals surface area (Å²) in [5.74, 6) is 2.59. The standard InChI is InChI=1S/C30H46O3/c1-7-28(4)16-13-23-21(17-28)10-12-24-29(5,14-8-15-30(23,24)6)18-32-27-20(3)22-11-9-19(2)25(22)26(31)33-27/h7,10,19-20,22-25,27H,1,8-9,11-18H2,2-6H3/t19-,20-,22+,23-,24-,25+,27-,28-,29-,30+/m0/s1. The van der Waals surface area contributed by atoms with Crippen molar-refractivity contribution in [2.24, 2.45) is 51.8 Å². The number of rotatable bonds is 4. The summed E-state index contributed by atoms with van der Waals surface area (Å²) in [6, 6.07) is 0. The van der Waals surface area contributed by atoms with E-state index in [1.165, 1.54) is 38.5 Å². The van der Waals surface area contributed by atoms with Crippen molar-refractivity contribution in [1.29, 1.82) is 0 Å². The van der Waals surface area contributed by atoms with Crippen molar-refractivity contribution in [2.75, 3.05) is 6.61 Å². The van der Waals surface area contributed by atoms with E-state index < -0.39 is 0 Å². The monoisotopic (exact) mass is 454 g/mol. The van der Waals surface area contributed by atoms with Gasteiger partial charge in [0.2, 0.25) is 6.29 Å². The summed E-state index contributed by atoms with van der Waals surface area (Å²) in [7, 11) is 0. The average Bonchev–Trinajstić information content (AvgIpc) is 3.17. The first-order valence-electron chi connectivity index (χ1n) is 13.7. The van der Waals surface area contributed by atoms with Gasteiger partial charge in [-0.25, -0.2) is 0 Å². The van der Waals surface area contributed by atoms with E-state index in [-0.39, 0.29) is 29.0 Å². The van der Waals surface area contributed by atoms with E-state index >= 15 is 0 Å². The van der Waals surface area contributed by atoms with Gasteiger partial charge in [0.15, 0.2) is 0 Å². The van der Waals surface area contributed by atoms with E-state index in [0.29, 0.717) is 41.6 Å². The highest BCUT2D eigenvalue weighted by Gasteiger charge is 2.56. The molecule has 184 valence electrons. The highest BCUT2D eigenvalue weighted by molar-refractivity contribution is 5.74. The Morgan fingerprint density at radius 2 is 1.94 bits per heavy atom. The number of hydrogen-bond acceptors (Lipinski definition) is 3. The average molecular weight is 455 g/mol. The number of allylic oxidation sites excluding steroid dienone is 3. The van der Waals surface area contributed by atoms with Crippen LogP contribution in [0.3, 0.4) is 0 Å². The highest BCUT2D eigenvalue weighted by atomic mass is 16.7. The molecule has 33 heavy (non-hydrogen) atoms. The molecule has 3 saturated carbocycles. The van der Waals surface area contributed by atoms with Gasteiger partial charge in [0.05, 0.1) is 12.5 Å². The predicted octanol–water partition coefficient (Wildman–Crippen LogP) is 7.32. The second kappa shape index (κ2) is 8.25. The van der Waals surface area contributed by atoms with Crippen molar-refractivity contribution in [3.8, 4) is 0 Å². The van der Waals surface area contributed by atoms with Gasteiger partial charge in [0.25, 0.3) is 0 Å². The minimum absolute atomic E-state index is 0.00977. The first-order chi connectivity index (χ1) is 15.6. The maximum Gasteiger partial charge on any atom is 0.311 e. The number of carbonyl (C=O) groups is 1. The molecule has 1 heterocycles. The molecular formula is C30H46O3. The Labute approximate surface area is 201 Å².